The fraction of sp³-hybridized carbons (Fsp3) is 0.800. The maximum atomic E-state index is 10.1. The Morgan fingerprint density at radius 2 is 2.50 bits per heavy atom. The summed E-state index contributed by atoms with van der Waals surface area (Å²) in [4.78, 5) is 10.1. The predicted molar refractivity (Wildman–Crippen MR) is 33.0 cm³/mol. The van der Waals surface area contributed by atoms with Gasteiger partial charge in [-0.3, -0.25) is 4.79 Å². The third-order valence-corrected chi connectivity index (χ3v) is 2.48. The van der Waals surface area contributed by atoms with E-state index in [2.05, 4.69) is 0 Å². The largest absolute Gasteiger partial charge is 0.481 e. The number of carbonyl (C=O) groups is 1. The van der Waals surface area contributed by atoms with Crippen molar-refractivity contribution in [3.8, 4) is 0 Å². The van der Waals surface area contributed by atoms with Crippen molar-refractivity contribution in [2.45, 2.75) is 11.7 Å². The highest BCUT2D eigenvalue weighted by Gasteiger charge is 2.42. The zero-order valence-corrected chi connectivity index (χ0v) is 5.44. The molecule has 0 heterocycles. The zero-order chi connectivity index (χ0) is 6.15. The lowest BCUT2D eigenvalue weighted by Crippen LogP contribution is -1.99. The lowest BCUT2D eigenvalue weighted by molar-refractivity contribution is -0.138. The lowest BCUT2D eigenvalue weighted by atomic mass is 10.4. The van der Waals surface area contributed by atoms with E-state index < -0.39 is 5.97 Å². The minimum absolute atomic E-state index is 0.0370. The van der Waals surface area contributed by atoms with Gasteiger partial charge in [-0.05, 0) is 12.7 Å². The molecular weight excluding hydrogens is 124 g/mol. The van der Waals surface area contributed by atoms with Crippen LogP contribution in [0.3, 0.4) is 0 Å². The molecule has 46 valence electrons. The second-order valence-electron chi connectivity index (χ2n) is 1.95. The van der Waals surface area contributed by atoms with Crippen molar-refractivity contribution >= 4 is 17.7 Å². The topological polar surface area (TPSA) is 37.3 Å². The molecule has 0 amide bonds. The Morgan fingerprint density at radius 1 is 1.88 bits per heavy atom. The average Bonchev–Trinajstić information content (AvgIpc) is 2.42. The molecule has 8 heavy (non-hydrogen) atoms. The molecule has 0 aromatic rings. The minimum Gasteiger partial charge on any atom is -0.481 e. The van der Waals surface area contributed by atoms with Gasteiger partial charge in [0.1, 0.15) is 0 Å². The highest BCUT2D eigenvalue weighted by atomic mass is 32.2. The highest BCUT2D eigenvalue weighted by molar-refractivity contribution is 7.99. The van der Waals surface area contributed by atoms with E-state index in [1.165, 1.54) is 0 Å². The van der Waals surface area contributed by atoms with E-state index in [0.29, 0.717) is 5.25 Å². The molecular formula is C5H8O2S. The summed E-state index contributed by atoms with van der Waals surface area (Å²) < 4.78 is 0. The van der Waals surface area contributed by atoms with Crippen LogP contribution in [0.25, 0.3) is 0 Å². The third-order valence-electron chi connectivity index (χ3n) is 1.35. The Labute approximate surface area is 52.3 Å². The van der Waals surface area contributed by atoms with Gasteiger partial charge >= 0.3 is 5.97 Å². The first kappa shape index (κ1) is 5.95. The molecule has 1 rings (SSSR count). The Morgan fingerprint density at radius 3 is 2.62 bits per heavy atom. The molecule has 2 atom stereocenters. The molecule has 0 aliphatic heterocycles. The van der Waals surface area contributed by atoms with Gasteiger partial charge < -0.3 is 5.11 Å². The summed E-state index contributed by atoms with van der Waals surface area (Å²) in [5.41, 5.74) is 0. The first-order valence-corrected chi connectivity index (χ1v) is 3.80. The van der Waals surface area contributed by atoms with Gasteiger partial charge in [0, 0.05) is 5.25 Å². The Hall–Kier alpha value is -0.180. The Balaban J connectivity index is 2.26. The van der Waals surface area contributed by atoms with Crippen molar-refractivity contribution in [2.24, 2.45) is 5.92 Å². The SMILES string of the molecule is CSC1CC1C(=O)O. The molecule has 0 aromatic heterocycles. The number of rotatable bonds is 2. The summed E-state index contributed by atoms with van der Waals surface area (Å²) >= 11 is 1.65. The third kappa shape index (κ3) is 0.968. The molecule has 2 unspecified atom stereocenters. The van der Waals surface area contributed by atoms with E-state index in [1.54, 1.807) is 11.8 Å². The van der Waals surface area contributed by atoms with Crippen LogP contribution in [0.5, 0.6) is 0 Å². The van der Waals surface area contributed by atoms with Crippen molar-refractivity contribution in [1.29, 1.82) is 0 Å². The van der Waals surface area contributed by atoms with E-state index in [4.69, 9.17) is 5.11 Å². The summed E-state index contributed by atoms with van der Waals surface area (Å²) in [5, 5.41) is 8.75. The predicted octanol–water partition coefficient (Wildman–Crippen LogP) is 0.823. The molecule has 2 nitrogen and oxygen atoms in total. The molecule has 0 spiro atoms. The van der Waals surface area contributed by atoms with Crippen LogP contribution < -0.4 is 0 Å². The summed E-state index contributed by atoms with van der Waals surface area (Å²) in [7, 11) is 0. The number of hydrogen-bond acceptors (Lipinski definition) is 2. The minimum atomic E-state index is -0.635. The molecule has 0 bridgehead atoms. The van der Waals surface area contributed by atoms with Crippen LogP contribution in [0, 0.1) is 5.92 Å². The summed E-state index contributed by atoms with van der Waals surface area (Å²) in [5.74, 6) is -0.672. The maximum absolute atomic E-state index is 10.1. The molecule has 3 heteroatoms. The van der Waals surface area contributed by atoms with E-state index >= 15 is 0 Å². The van der Waals surface area contributed by atoms with E-state index in [0.717, 1.165) is 6.42 Å². The summed E-state index contributed by atoms with van der Waals surface area (Å²) in [6.45, 7) is 0. The fourth-order valence-electron chi connectivity index (χ4n) is 0.692. The number of aliphatic carboxylic acids is 1. The van der Waals surface area contributed by atoms with E-state index in [9.17, 15) is 4.79 Å². The van der Waals surface area contributed by atoms with Gasteiger partial charge in [-0.2, -0.15) is 11.8 Å². The van der Waals surface area contributed by atoms with Gasteiger partial charge in [0.15, 0.2) is 0 Å². The summed E-state index contributed by atoms with van der Waals surface area (Å²) in [6.07, 6.45) is 2.82. The molecule has 1 N–H and O–H groups in total. The van der Waals surface area contributed by atoms with Crippen molar-refractivity contribution in [3.05, 3.63) is 0 Å². The van der Waals surface area contributed by atoms with Gasteiger partial charge in [0.05, 0.1) is 5.92 Å². The van der Waals surface area contributed by atoms with Gasteiger partial charge in [0.2, 0.25) is 0 Å². The van der Waals surface area contributed by atoms with Crippen molar-refractivity contribution < 1.29 is 9.90 Å². The summed E-state index contributed by atoms with van der Waals surface area (Å²) in [6, 6.07) is 0. The molecule has 0 saturated heterocycles. The van der Waals surface area contributed by atoms with Crippen LogP contribution in [-0.4, -0.2) is 22.6 Å². The normalized spacial score (nSPS) is 34.6. The first-order valence-electron chi connectivity index (χ1n) is 2.51. The second-order valence-corrected chi connectivity index (χ2v) is 3.03. The van der Waals surface area contributed by atoms with Gasteiger partial charge in [-0.1, -0.05) is 0 Å². The molecule has 0 radical (unpaired) electrons. The lowest BCUT2D eigenvalue weighted by Gasteiger charge is -1.85. The monoisotopic (exact) mass is 132 g/mol. The number of thioether (sulfide) groups is 1. The van der Waals surface area contributed by atoms with Crippen LogP contribution in [0.4, 0.5) is 0 Å². The quantitative estimate of drug-likeness (QED) is 0.604. The van der Waals surface area contributed by atoms with Gasteiger partial charge in [-0.15, -0.1) is 0 Å². The Kier molecular flexibility index (Phi) is 1.47. The number of carboxylic acid groups (broad SMARTS) is 1. The van der Waals surface area contributed by atoms with Gasteiger partial charge in [-0.25, -0.2) is 0 Å². The van der Waals surface area contributed by atoms with Crippen molar-refractivity contribution in [3.63, 3.8) is 0 Å². The smallest absolute Gasteiger partial charge is 0.307 e. The van der Waals surface area contributed by atoms with E-state index in [1.807, 2.05) is 6.26 Å². The number of carboxylic acids is 1. The zero-order valence-electron chi connectivity index (χ0n) is 4.63. The molecule has 1 saturated carbocycles. The molecule has 1 aliphatic carbocycles. The van der Waals surface area contributed by atoms with Gasteiger partial charge in [0.25, 0.3) is 0 Å². The van der Waals surface area contributed by atoms with Crippen molar-refractivity contribution in [2.75, 3.05) is 6.26 Å². The standard InChI is InChI=1S/C5H8O2S/c1-8-4-2-3(4)5(6)7/h3-4H,2H2,1H3,(H,6,7). The number of hydrogen-bond donors (Lipinski definition) is 1. The highest BCUT2D eigenvalue weighted by Crippen LogP contribution is 2.40. The van der Waals surface area contributed by atoms with Crippen LogP contribution in [-0.2, 0) is 4.79 Å². The van der Waals surface area contributed by atoms with Crippen LogP contribution in [0.15, 0.2) is 0 Å². The van der Waals surface area contributed by atoms with E-state index in [-0.39, 0.29) is 5.92 Å². The van der Waals surface area contributed by atoms with Crippen LogP contribution in [0.2, 0.25) is 0 Å². The molecule has 1 aliphatic rings. The fourth-order valence-corrected chi connectivity index (χ4v) is 1.54. The van der Waals surface area contributed by atoms with Crippen LogP contribution in [0.1, 0.15) is 6.42 Å². The average molecular weight is 132 g/mol. The molecule has 1 fully saturated rings. The Bertz CT molecular complexity index is 113. The second kappa shape index (κ2) is 1.97. The van der Waals surface area contributed by atoms with Crippen molar-refractivity contribution in [1.82, 2.24) is 0 Å². The maximum Gasteiger partial charge on any atom is 0.307 e. The van der Waals surface area contributed by atoms with Crippen LogP contribution >= 0.6 is 11.8 Å². The molecule has 0 aromatic carbocycles. The first-order chi connectivity index (χ1) is 3.75.